The van der Waals surface area contributed by atoms with Crippen molar-refractivity contribution in [2.24, 2.45) is 5.41 Å². The number of rotatable bonds is 3. The van der Waals surface area contributed by atoms with Gasteiger partial charge in [-0.1, -0.05) is 15.9 Å². The van der Waals surface area contributed by atoms with Crippen LogP contribution in [0.2, 0.25) is 0 Å². The van der Waals surface area contributed by atoms with Gasteiger partial charge in [-0.3, -0.25) is 0 Å². The number of hydrogen-bond acceptors (Lipinski definition) is 3. The highest BCUT2D eigenvalue weighted by Crippen LogP contribution is 2.35. The molecule has 2 N–H and O–H groups in total. The van der Waals surface area contributed by atoms with Crippen molar-refractivity contribution in [3.63, 3.8) is 0 Å². The third kappa shape index (κ3) is 1.09. The first-order valence-corrected chi connectivity index (χ1v) is 4.30. The van der Waals surface area contributed by atoms with Gasteiger partial charge in [0.25, 0.3) is 0 Å². The number of hydrogen-bond donors (Lipinski definition) is 2. The van der Waals surface area contributed by atoms with E-state index in [1.165, 1.54) is 0 Å². The van der Waals surface area contributed by atoms with Gasteiger partial charge in [0.2, 0.25) is 0 Å². The van der Waals surface area contributed by atoms with Gasteiger partial charge in [-0.15, -0.1) is 0 Å². The molecule has 1 rings (SSSR count). The average molecular weight is 211 g/mol. The molecule has 10 heavy (non-hydrogen) atoms. The molecule has 0 spiro atoms. The third-order valence-electron chi connectivity index (χ3n) is 2.00. The van der Waals surface area contributed by atoms with Crippen LogP contribution in [-0.2, 0) is 4.74 Å². The fourth-order valence-electron chi connectivity index (χ4n) is 0.998. The summed E-state index contributed by atoms with van der Waals surface area (Å²) in [6.07, 6.45) is -0.183. The number of aliphatic hydroxyl groups is 2. The molecule has 0 aromatic heterocycles. The predicted octanol–water partition coefficient (Wildman–Crippen LogP) is -0.249. The second-order valence-electron chi connectivity index (χ2n) is 2.64. The lowest BCUT2D eigenvalue weighted by atomic mass is 9.81. The van der Waals surface area contributed by atoms with Gasteiger partial charge in [0.05, 0.1) is 31.3 Å². The Labute approximate surface area is 68.1 Å². The normalized spacial score (nSPS) is 39.3. The topological polar surface area (TPSA) is 49.7 Å². The largest absolute Gasteiger partial charge is 0.396 e. The summed E-state index contributed by atoms with van der Waals surface area (Å²) in [7, 11) is 0. The Kier molecular flexibility index (Phi) is 2.68. The molecule has 0 aliphatic carbocycles. The van der Waals surface area contributed by atoms with E-state index in [1.807, 2.05) is 0 Å². The summed E-state index contributed by atoms with van der Waals surface area (Å²) in [5.74, 6) is 0. The maximum absolute atomic E-state index is 8.92. The zero-order chi connectivity index (χ0) is 7.61. The van der Waals surface area contributed by atoms with E-state index >= 15 is 0 Å². The van der Waals surface area contributed by atoms with Gasteiger partial charge >= 0.3 is 0 Å². The Morgan fingerprint density at radius 1 is 1.60 bits per heavy atom. The molecule has 0 radical (unpaired) electrons. The molecule has 1 fully saturated rings. The zero-order valence-corrected chi connectivity index (χ0v) is 7.17. The molecule has 0 aromatic rings. The molecular weight excluding hydrogens is 200 g/mol. The van der Waals surface area contributed by atoms with Crippen molar-refractivity contribution in [3.8, 4) is 0 Å². The van der Waals surface area contributed by atoms with Crippen LogP contribution >= 0.6 is 15.9 Å². The molecule has 3 nitrogen and oxygen atoms in total. The molecule has 1 saturated heterocycles. The van der Waals surface area contributed by atoms with Gasteiger partial charge in [-0.2, -0.15) is 0 Å². The fraction of sp³-hybridized carbons (Fsp3) is 1.00. The molecular formula is C6H11BrO3. The molecule has 2 unspecified atom stereocenters. The van der Waals surface area contributed by atoms with Gasteiger partial charge in [-0.25, -0.2) is 0 Å². The van der Waals surface area contributed by atoms with Gasteiger partial charge in [0.1, 0.15) is 0 Å². The van der Waals surface area contributed by atoms with E-state index in [4.69, 9.17) is 14.9 Å². The minimum atomic E-state index is -0.227. The van der Waals surface area contributed by atoms with Gasteiger partial charge in [0, 0.05) is 5.33 Å². The highest BCUT2D eigenvalue weighted by atomic mass is 79.9. The van der Waals surface area contributed by atoms with Crippen molar-refractivity contribution in [1.29, 1.82) is 0 Å². The monoisotopic (exact) mass is 210 g/mol. The average Bonchev–Trinajstić information content (AvgIpc) is 1.90. The Bertz CT molecular complexity index is 106. The summed E-state index contributed by atoms with van der Waals surface area (Å²) < 4.78 is 5.04. The lowest BCUT2D eigenvalue weighted by molar-refractivity contribution is -0.204. The molecule has 2 atom stereocenters. The lowest BCUT2D eigenvalue weighted by Gasteiger charge is -2.46. The Morgan fingerprint density at radius 2 is 2.30 bits per heavy atom. The third-order valence-corrected chi connectivity index (χ3v) is 3.12. The molecule has 0 saturated carbocycles. The first-order valence-electron chi connectivity index (χ1n) is 3.18. The predicted molar refractivity (Wildman–Crippen MR) is 40.1 cm³/mol. The van der Waals surface area contributed by atoms with E-state index in [1.54, 1.807) is 0 Å². The van der Waals surface area contributed by atoms with Crippen LogP contribution in [0.1, 0.15) is 0 Å². The number of aliphatic hydroxyl groups excluding tert-OH is 2. The fourth-order valence-corrected chi connectivity index (χ4v) is 1.70. The Morgan fingerprint density at radius 3 is 2.40 bits per heavy atom. The molecule has 1 aliphatic heterocycles. The quantitative estimate of drug-likeness (QED) is 0.633. The van der Waals surface area contributed by atoms with E-state index in [9.17, 15) is 0 Å². The van der Waals surface area contributed by atoms with Crippen molar-refractivity contribution in [2.75, 3.05) is 25.2 Å². The highest BCUT2D eigenvalue weighted by molar-refractivity contribution is 9.09. The second kappa shape index (κ2) is 3.17. The van der Waals surface area contributed by atoms with Crippen molar-refractivity contribution >= 4 is 15.9 Å². The molecule has 1 aliphatic rings. The zero-order valence-electron chi connectivity index (χ0n) is 5.59. The Hall–Kier alpha value is 0.360. The van der Waals surface area contributed by atoms with Gasteiger partial charge in [0.15, 0.2) is 0 Å². The van der Waals surface area contributed by atoms with Crippen molar-refractivity contribution in [1.82, 2.24) is 0 Å². The van der Waals surface area contributed by atoms with Crippen LogP contribution in [0.25, 0.3) is 0 Å². The molecule has 4 heteroatoms. The summed E-state index contributed by atoms with van der Waals surface area (Å²) in [4.78, 5) is 0. The Balaban J connectivity index is 2.48. The summed E-state index contributed by atoms with van der Waals surface area (Å²) in [5.41, 5.74) is -0.227. The maximum Gasteiger partial charge on any atom is 0.0914 e. The summed E-state index contributed by atoms with van der Waals surface area (Å²) in [6.45, 7) is 0.607. The van der Waals surface area contributed by atoms with Crippen LogP contribution in [-0.4, -0.2) is 41.5 Å². The first kappa shape index (κ1) is 8.46. The number of halogens is 1. The van der Waals surface area contributed by atoms with Crippen LogP contribution in [0, 0.1) is 5.41 Å². The molecule has 60 valence electrons. The minimum absolute atomic E-state index is 0.00778. The summed E-state index contributed by atoms with van der Waals surface area (Å²) >= 11 is 3.27. The van der Waals surface area contributed by atoms with E-state index in [0.29, 0.717) is 11.9 Å². The summed E-state index contributed by atoms with van der Waals surface area (Å²) in [5, 5.41) is 18.3. The van der Waals surface area contributed by atoms with Crippen molar-refractivity contribution < 1.29 is 14.9 Å². The van der Waals surface area contributed by atoms with Crippen molar-refractivity contribution in [2.45, 2.75) is 6.10 Å². The standard InChI is InChI=1S/C6H11BrO3/c7-2-6(3-9)4-10-5(6)1-8/h5,8-9H,1-4H2. The SMILES string of the molecule is OCC1OCC1(CO)CBr. The maximum atomic E-state index is 8.92. The van der Waals surface area contributed by atoms with Crippen LogP contribution in [0.4, 0.5) is 0 Å². The van der Waals surface area contributed by atoms with E-state index in [0.717, 1.165) is 0 Å². The minimum Gasteiger partial charge on any atom is -0.396 e. The first-order chi connectivity index (χ1) is 4.79. The lowest BCUT2D eigenvalue weighted by Crippen LogP contribution is -2.57. The van der Waals surface area contributed by atoms with Gasteiger partial charge in [-0.05, 0) is 0 Å². The number of alkyl halides is 1. The molecule has 0 bridgehead atoms. The van der Waals surface area contributed by atoms with E-state index < -0.39 is 0 Å². The van der Waals surface area contributed by atoms with E-state index in [-0.39, 0.29) is 24.7 Å². The van der Waals surface area contributed by atoms with Crippen LogP contribution < -0.4 is 0 Å². The van der Waals surface area contributed by atoms with Crippen molar-refractivity contribution in [3.05, 3.63) is 0 Å². The molecule has 0 amide bonds. The van der Waals surface area contributed by atoms with Crippen LogP contribution in [0.15, 0.2) is 0 Å². The molecule has 1 heterocycles. The second-order valence-corrected chi connectivity index (χ2v) is 3.20. The van der Waals surface area contributed by atoms with Gasteiger partial charge < -0.3 is 14.9 Å². The highest BCUT2D eigenvalue weighted by Gasteiger charge is 2.46. The van der Waals surface area contributed by atoms with E-state index in [2.05, 4.69) is 15.9 Å². The summed E-state index contributed by atoms with van der Waals surface area (Å²) in [6, 6.07) is 0. The van der Waals surface area contributed by atoms with Crippen LogP contribution in [0.5, 0.6) is 0 Å². The molecule has 0 aromatic carbocycles. The number of ether oxygens (including phenoxy) is 1. The van der Waals surface area contributed by atoms with Crippen LogP contribution in [0.3, 0.4) is 0 Å². The smallest absolute Gasteiger partial charge is 0.0914 e.